The van der Waals surface area contributed by atoms with Gasteiger partial charge in [-0.2, -0.15) is 5.10 Å². The number of hydrogen-bond donors (Lipinski definition) is 2. The fraction of sp³-hybridized carbons (Fsp3) is 0.263. The smallest absolute Gasteiger partial charge is 0.271 e. The Hall–Kier alpha value is -3.02. The molecule has 6 heteroatoms. The number of phenolic OH excluding ortho intramolecular Hbond substituents is 1. The van der Waals surface area contributed by atoms with Crippen molar-refractivity contribution >= 4 is 12.1 Å². The third-order valence-corrected chi connectivity index (χ3v) is 3.22. The molecule has 1 amide bonds. The lowest BCUT2D eigenvalue weighted by atomic mass is 10.2. The third-order valence-electron chi connectivity index (χ3n) is 3.22. The number of rotatable bonds is 8. The van der Waals surface area contributed by atoms with E-state index in [9.17, 15) is 9.90 Å². The summed E-state index contributed by atoms with van der Waals surface area (Å²) in [6.07, 6.45) is 2.43. The Balaban J connectivity index is 2.04. The monoisotopic (exact) mass is 342 g/mol. The van der Waals surface area contributed by atoms with E-state index in [2.05, 4.69) is 10.5 Å². The van der Waals surface area contributed by atoms with Crippen LogP contribution in [0.4, 0.5) is 0 Å². The first-order chi connectivity index (χ1) is 12.1. The minimum Gasteiger partial charge on any atom is -0.508 e. The first kappa shape index (κ1) is 18.3. The van der Waals surface area contributed by atoms with Crippen LogP contribution in [0.3, 0.4) is 0 Å². The zero-order valence-corrected chi connectivity index (χ0v) is 14.4. The highest BCUT2D eigenvalue weighted by Crippen LogP contribution is 2.28. The average molecular weight is 342 g/mol. The molecule has 0 bridgehead atoms. The maximum Gasteiger partial charge on any atom is 0.271 e. The predicted octanol–water partition coefficient (Wildman–Crippen LogP) is 3.34. The molecule has 0 atom stereocenters. The summed E-state index contributed by atoms with van der Waals surface area (Å²) < 4.78 is 11.2. The standard InChI is InChI=1S/C19H22N2O4/c1-3-10-25-17-9-8-14(11-18(17)24-4-2)13-20-21-19(23)15-6-5-7-16(22)12-15/h5-9,11-13,22H,3-4,10H2,1-2H3,(H,21,23)/b20-13-. The minimum absolute atomic E-state index is 0.0284. The van der Waals surface area contributed by atoms with Gasteiger partial charge in [0.25, 0.3) is 5.91 Å². The largest absolute Gasteiger partial charge is 0.508 e. The summed E-state index contributed by atoms with van der Waals surface area (Å²) in [6, 6.07) is 11.5. The van der Waals surface area contributed by atoms with Crippen molar-refractivity contribution in [1.29, 1.82) is 0 Å². The number of amides is 1. The van der Waals surface area contributed by atoms with Crippen LogP contribution in [0.5, 0.6) is 17.2 Å². The highest BCUT2D eigenvalue weighted by Gasteiger charge is 2.06. The Bertz CT molecular complexity index is 744. The van der Waals surface area contributed by atoms with Gasteiger partial charge in [0.15, 0.2) is 11.5 Å². The van der Waals surface area contributed by atoms with Crippen molar-refractivity contribution in [2.75, 3.05) is 13.2 Å². The van der Waals surface area contributed by atoms with Gasteiger partial charge in [0.2, 0.25) is 0 Å². The van der Waals surface area contributed by atoms with Crippen LogP contribution in [-0.2, 0) is 0 Å². The SMILES string of the molecule is CCCOc1ccc(/C=N\NC(=O)c2cccc(O)c2)cc1OCC. The molecule has 0 aliphatic rings. The first-order valence-electron chi connectivity index (χ1n) is 8.16. The number of phenols is 1. The van der Waals surface area contributed by atoms with Crippen LogP contribution < -0.4 is 14.9 Å². The molecule has 25 heavy (non-hydrogen) atoms. The van der Waals surface area contributed by atoms with Crippen LogP contribution in [0.15, 0.2) is 47.6 Å². The summed E-state index contributed by atoms with van der Waals surface area (Å²) in [5.41, 5.74) is 3.52. The third kappa shape index (κ3) is 5.53. The molecular formula is C19H22N2O4. The average Bonchev–Trinajstić information content (AvgIpc) is 2.61. The summed E-state index contributed by atoms with van der Waals surface area (Å²) in [5.74, 6) is 0.949. The number of hydrogen-bond acceptors (Lipinski definition) is 5. The lowest BCUT2D eigenvalue weighted by molar-refractivity contribution is 0.0954. The second kappa shape index (κ2) is 9.32. The number of benzene rings is 2. The zero-order valence-electron chi connectivity index (χ0n) is 14.4. The molecule has 0 aliphatic heterocycles. The van der Waals surface area contributed by atoms with Crippen molar-refractivity contribution in [2.45, 2.75) is 20.3 Å². The molecule has 0 radical (unpaired) electrons. The molecule has 2 N–H and O–H groups in total. The molecule has 2 aromatic rings. The van der Waals surface area contributed by atoms with E-state index in [0.717, 1.165) is 12.0 Å². The Labute approximate surface area is 147 Å². The maximum absolute atomic E-state index is 11.9. The van der Waals surface area contributed by atoms with Crippen LogP contribution in [0.2, 0.25) is 0 Å². The minimum atomic E-state index is -0.403. The second-order valence-electron chi connectivity index (χ2n) is 5.24. The molecule has 0 heterocycles. The van der Waals surface area contributed by atoms with Crippen LogP contribution in [0, 0.1) is 0 Å². The summed E-state index contributed by atoms with van der Waals surface area (Å²) in [4.78, 5) is 11.9. The van der Waals surface area contributed by atoms with E-state index in [-0.39, 0.29) is 5.75 Å². The summed E-state index contributed by atoms with van der Waals surface area (Å²) in [7, 11) is 0. The molecule has 2 aromatic carbocycles. The van der Waals surface area contributed by atoms with Crippen LogP contribution in [0.1, 0.15) is 36.2 Å². The zero-order chi connectivity index (χ0) is 18.1. The predicted molar refractivity (Wildman–Crippen MR) is 96.6 cm³/mol. The van der Waals surface area contributed by atoms with Crippen LogP contribution in [0.25, 0.3) is 0 Å². The molecular weight excluding hydrogens is 320 g/mol. The van der Waals surface area contributed by atoms with Gasteiger partial charge >= 0.3 is 0 Å². The Morgan fingerprint density at radius 3 is 2.72 bits per heavy atom. The quantitative estimate of drug-likeness (QED) is 0.569. The van der Waals surface area contributed by atoms with E-state index in [1.807, 2.05) is 26.0 Å². The van der Waals surface area contributed by atoms with Gasteiger partial charge < -0.3 is 14.6 Å². The van der Waals surface area contributed by atoms with E-state index in [1.54, 1.807) is 18.2 Å². The van der Waals surface area contributed by atoms with Crippen LogP contribution in [-0.4, -0.2) is 30.4 Å². The maximum atomic E-state index is 11.9. The Morgan fingerprint density at radius 1 is 1.16 bits per heavy atom. The summed E-state index contributed by atoms with van der Waals surface area (Å²) >= 11 is 0. The first-order valence-corrected chi connectivity index (χ1v) is 8.16. The summed E-state index contributed by atoms with van der Waals surface area (Å²) in [5, 5.41) is 13.3. The van der Waals surface area contributed by atoms with Crippen molar-refractivity contribution in [3.8, 4) is 17.2 Å². The molecule has 0 saturated heterocycles. The number of ether oxygens (including phenoxy) is 2. The van der Waals surface area contributed by atoms with E-state index in [0.29, 0.717) is 30.3 Å². The molecule has 0 spiro atoms. The van der Waals surface area contributed by atoms with Gasteiger partial charge in [-0.05, 0) is 55.3 Å². The van der Waals surface area contributed by atoms with Gasteiger partial charge in [0.1, 0.15) is 5.75 Å². The Morgan fingerprint density at radius 2 is 2.00 bits per heavy atom. The molecule has 6 nitrogen and oxygen atoms in total. The van der Waals surface area contributed by atoms with Crippen molar-refractivity contribution in [1.82, 2.24) is 5.43 Å². The van der Waals surface area contributed by atoms with Gasteiger partial charge in [0, 0.05) is 5.56 Å². The van der Waals surface area contributed by atoms with Crippen molar-refractivity contribution < 1.29 is 19.4 Å². The topological polar surface area (TPSA) is 80.2 Å². The van der Waals surface area contributed by atoms with E-state index in [1.165, 1.54) is 18.3 Å². The van der Waals surface area contributed by atoms with Gasteiger partial charge in [-0.3, -0.25) is 4.79 Å². The van der Waals surface area contributed by atoms with Crippen molar-refractivity contribution in [3.05, 3.63) is 53.6 Å². The second-order valence-corrected chi connectivity index (χ2v) is 5.24. The van der Waals surface area contributed by atoms with Gasteiger partial charge in [-0.1, -0.05) is 13.0 Å². The number of hydrazone groups is 1. The molecule has 0 aliphatic carbocycles. The molecule has 0 fully saturated rings. The molecule has 0 unspecified atom stereocenters. The van der Waals surface area contributed by atoms with Gasteiger partial charge in [0.05, 0.1) is 19.4 Å². The van der Waals surface area contributed by atoms with E-state index < -0.39 is 5.91 Å². The fourth-order valence-corrected chi connectivity index (χ4v) is 2.08. The molecule has 132 valence electrons. The summed E-state index contributed by atoms with van der Waals surface area (Å²) in [6.45, 7) is 5.08. The molecule has 0 saturated carbocycles. The number of carbonyl (C=O) groups is 1. The number of nitrogens with zero attached hydrogens (tertiary/aromatic N) is 1. The highest BCUT2D eigenvalue weighted by atomic mass is 16.5. The Kier molecular flexibility index (Phi) is 6.83. The highest BCUT2D eigenvalue weighted by molar-refractivity contribution is 5.95. The van der Waals surface area contributed by atoms with Gasteiger partial charge in [-0.15, -0.1) is 0 Å². The van der Waals surface area contributed by atoms with Crippen molar-refractivity contribution in [2.24, 2.45) is 5.10 Å². The lowest BCUT2D eigenvalue weighted by Crippen LogP contribution is -2.17. The van der Waals surface area contributed by atoms with E-state index in [4.69, 9.17) is 9.47 Å². The van der Waals surface area contributed by atoms with E-state index >= 15 is 0 Å². The van der Waals surface area contributed by atoms with Crippen LogP contribution >= 0.6 is 0 Å². The lowest BCUT2D eigenvalue weighted by Gasteiger charge is -2.11. The van der Waals surface area contributed by atoms with Gasteiger partial charge in [-0.25, -0.2) is 5.43 Å². The number of carbonyl (C=O) groups excluding carboxylic acids is 1. The van der Waals surface area contributed by atoms with Crippen molar-refractivity contribution in [3.63, 3.8) is 0 Å². The fourth-order valence-electron chi connectivity index (χ4n) is 2.08. The molecule has 2 rings (SSSR count). The molecule has 0 aromatic heterocycles. The number of nitrogens with one attached hydrogen (secondary N) is 1. The number of aromatic hydroxyl groups is 1. The normalized spacial score (nSPS) is 10.6.